The van der Waals surface area contributed by atoms with Gasteiger partial charge in [-0.05, 0) is 6.07 Å². The topological polar surface area (TPSA) is 103 Å². The van der Waals surface area contributed by atoms with Gasteiger partial charge in [0.1, 0.15) is 11.6 Å². The first-order valence-electron chi connectivity index (χ1n) is 7.01. The highest BCUT2D eigenvalue weighted by molar-refractivity contribution is 5.97. The second-order valence-corrected chi connectivity index (χ2v) is 4.60. The van der Waals surface area contributed by atoms with Crippen LogP contribution in [0.2, 0.25) is 0 Å². The second-order valence-electron chi connectivity index (χ2n) is 4.60. The number of nitrogens with zero attached hydrogens (tertiary/aromatic N) is 4. The van der Waals surface area contributed by atoms with Crippen LogP contribution in [0.3, 0.4) is 0 Å². The highest BCUT2D eigenvalue weighted by Crippen LogP contribution is 1.98. The number of morpholine rings is 1. The Morgan fingerprint density at radius 3 is 2.82 bits per heavy atom. The molecule has 0 saturated carbocycles. The van der Waals surface area contributed by atoms with Crippen molar-refractivity contribution in [2.24, 2.45) is 0 Å². The first-order valence-corrected chi connectivity index (χ1v) is 7.01. The number of amides is 1. The summed E-state index contributed by atoms with van der Waals surface area (Å²) >= 11 is 0. The zero-order valence-corrected chi connectivity index (χ0v) is 12.2. The molecule has 1 saturated heterocycles. The maximum atomic E-state index is 11.9. The van der Waals surface area contributed by atoms with Gasteiger partial charge in [0.05, 0.1) is 13.2 Å². The number of hydrogen-bond donors (Lipinski definition) is 2. The van der Waals surface area contributed by atoms with Crippen molar-refractivity contribution >= 4 is 11.9 Å². The van der Waals surface area contributed by atoms with E-state index >= 15 is 0 Å². The van der Waals surface area contributed by atoms with E-state index in [1.165, 1.54) is 6.20 Å². The number of nitriles is 1. The van der Waals surface area contributed by atoms with Crippen molar-refractivity contribution in [3.8, 4) is 6.07 Å². The van der Waals surface area contributed by atoms with Crippen molar-refractivity contribution in [2.45, 2.75) is 0 Å². The minimum absolute atomic E-state index is 0.0190. The molecular formula is C14H18N6O2. The molecule has 1 fully saturated rings. The molecule has 1 aliphatic heterocycles. The van der Waals surface area contributed by atoms with E-state index in [1.807, 2.05) is 6.07 Å². The quantitative estimate of drug-likeness (QED) is 0.551. The molecule has 0 aliphatic carbocycles. The molecule has 1 aromatic heterocycles. The van der Waals surface area contributed by atoms with Crippen LogP contribution in [0.1, 0.15) is 0 Å². The highest BCUT2D eigenvalue weighted by atomic mass is 16.5. The van der Waals surface area contributed by atoms with Gasteiger partial charge >= 0.3 is 0 Å². The van der Waals surface area contributed by atoms with E-state index in [1.54, 1.807) is 18.5 Å². The van der Waals surface area contributed by atoms with Crippen molar-refractivity contribution in [2.75, 3.05) is 44.7 Å². The number of ether oxygens (including phenoxy) is 1. The van der Waals surface area contributed by atoms with Crippen LogP contribution in [-0.2, 0) is 9.53 Å². The molecule has 8 nitrogen and oxygen atoms in total. The van der Waals surface area contributed by atoms with Gasteiger partial charge in [-0.25, -0.2) is 9.97 Å². The summed E-state index contributed by atoms with van der Waals surface area (Å²) < 4.78 is 5.26. The number of nitrogens with one attached hydrogen (secondary N) is 2. The Kier molecular flexibility index (Phi) is 6.29. The number of rotatable bonds is 6. The Labute approximate surface area is 128 Å². The zero-order chi connectivity index (χ0) is 15.6. The Morgan fingerprint density at radius 2 is 2.14 bits per heavy atom. The Bertz CT molecular complexity index is 548. The van der Waals surface area contributed by atoms with Crippen LogP contribution in [0.15, 0.2) is 30.2 Å². The Morgan fingerprint density at radius 1 is 1.41 bits per heavy atom. The monoisotopic (exact) mass is 302 g/mol. The van der Waals surface area contributed by atoms with Gasteiger partial charge in [0.15, 0.2) is 0 Å². The molecule has 0 atom stereocenters. The molecule has 0 radical (unpaired) electrons. The maximum absolute atomic E-state index is 11.9. The van der Waals surface area contributed by atoms with E-state index in [4.69, 9.17) is 10.00 Å². The van der Waals surface area contributed by atoms with Crippen molar-refractivity contribution in [1.29, 1.82) is 5.26 Å². The van der Waals surface area contributed by atoms with Crippen molar-refractivity contribution in [3.63, 3.8) is 0 Å². The largest absolute Gasteiger partial charge is 0.379 e. The lowest BCUT2D eigenvalue weighted by Crippen LogP contribution is -2.41. The molecular weight excluding hydrogens is 284 g/mol. The van der Waals surface area contributed by atoms with Crippen molar-refractivity contribution in [3.05, 3.63) is 30.2 Å². The molecule has 2 N–H and O–H groups in total. The van der Waals surface area contributed by atoms with Crippen LogP contribution < -0.4 is 10.6 Å². The standard InChI is InChI=1S/C14H18N6O2/c15-10-12(11-19-14-17-2-1-3-18-14)13(21)16-4-5-20-6-8-22-9-7-20/h1-3,11H,4-9H2,(H,16,21)(H,17,18,19)/b12-11-. The van der Waals surface area contributed by atoms with Gasteiger partial charge in [0.2, 0.25) is 5.95 Å². The van der Waals surface area contributed by atoms with E-state index in [9.17, 15) is 4.79 Å². The fourth-order valence-electron chi connectivity index (χ4n) is 1.91. The van der Waals surface area contributed by atoms with Crippen molar-refractivity contribution in [1.82, 2.24) is 20.2 Å². The molecule has 0 unspecified atom stereocenters. The average molecular weight is 302 g/mol. The fourth-order valence-corrected chi connectivity index (χ4v) is 1.91. The van der Waals surface area contributed by atoms with Gasteiger partial charge in [-0.15, -0.1) is 0 Å². The molecule has 2 rings (SSSR count). The molecule has 0 aromatic carbocycles. The Hall–Kier alpha value is -2.50. The molecule has 116 valence electrons. The lowest BCUT2D eigenvalue weighted by Gasteiger charge is -2.26. The van der Waals surface area contributed by atoms with Gasteiger partial charge in [0.25, 0.3) is 5.91 Å². The number of anilines is 1. The Balaban J connectivity index is 1.77. The van der Waals surface area contributed by atoms with Crippen LogP contribution in [0, 0.1) is 11.3 Å². The summed E-state index contributed by atoms with van der Waals surface area (Å²) in [7, 11) is 0. The summed E-state index contributed by atoms with van der Waals surface area (Å²) in [6, 6.07) is 3.54. The molecule has 1 aromatic rings. The van der Waals surface area contributed by atoms with Crippen LogP contribution in [-0.4, -0.2) is 60.2 Å². The third-order valence-electron chi connectivity index (χ3n) is 3.09. The summed E-state index contributed by atoms with van der Waals surface area (Å²) in [5.74, 6) is -0.0874. The van der Waals surface area contributed by atoms with Gasteiger partial charge in [-0.1, -0.05) is 0 Å². The summed E-state index contributed by atoms with van der Waals surface area (Å²) in [6.45, 7) is 4.40. The lowest BCUT2D eigenvalue weighted by molar-refractivity contribution is -0.117. The predicted octanol–water partition coefficient (Wildman–Crippen LogP) is -0.256. The average Bonchev–Trinajstić information content (AvgIpc) is 2.57. The highest BCUT2D eigenvalue weighted by Gasteiger charge is 2.12. The number of hydrogen-bond acceptors (Lipinski definition) is 7. The van der Waals surface area contributed by atoms with E-state index in [-0.39, 0.29) is 5.57 Å². The summed E-state index contributed by atoms with van der Waals surface area (Å²) in [6.07, 6.45) is 4.44. The van der Waals surface area contributed by atoms with Gasteiger partial charge < -0.3 is 15.4 Å². The van der Waals surface area contributed by atoms with Crippen LogP contribution >= 0.6 is 0 Å². The van der Waals surface area contributed by atoms with Crippen LogP contribution in [0.4, 0.5) is 5.95 Å². The number of aromatic nitrogens is 2. The molecule has 2 heterocycles. The first-order chi connectivity index (χ1) is 10.8. The van der Waals surface area contributed by atoms with E-state index in [0.717, 1.165) is 32.8 Å². The lowest BCUT2D eigenvalue weighted by atomic mass is 10.3. The summed E-state index contributed by atoms with van der Waals surface area (Å²) in [4.78, 5) is 22.0. The van der Waals surface area contributed by atoms with Crippen LogP contribution in [0.25, 0.3) is 0 Å². The first kappa shape index (κ1) is 15.9. The van der Waals surface area contributed by atoms with Gasteiger partial charge in [-0.2, -0.15) is 5.26 Å². The fraction of sp³-hybridized carbons (Fsp3) is 0.429. The van der Waals surface area contributed by atoms with Crippen LogP contribution in [0.5, 0.6) is 0 Å². The molecule has 1 aliphatic rings. The molecule has 0 spiro atoms. The molecule has 0 bridgehead atoms. The minimum atomic E-state index is -0.417. The van der Waals surface area contributed by atoms with E-state index in [0.29, 0.717) is 12.5 Å². The SMILES string of the molecule is N#C/C(=C/Nc1ncccn1)C(=O)NCCN1CCOCC1. The van der Waals surface area contributed by atoms with E-state index in [2.05, 4.69) is 25.5 Å². The third kappa shape index (κ3) is 5.12. The normalized spacial score (nSPS) is 15.9. The van der Waals surface area contributed by atoms with Gasteiger partial charge in [0, 0.05) is 44.8 Å². The van der Waals surface area contributed by atoms with Gasteiger partial charge in [-0.3, -0.25) is 9.69 Å². The molecule has 22 heavy (non-hydrogen) atoms. The van der Waals surface area contributed by atoms with Crippen molar-refractivity contribution < 1.29 is 9.53 Å². The smallest absolute Gasteiger partial charge is 0.263 e. The third-order valence-corrected chi connectivity index (χ3v) is 3.09. The molecule has 8 heteroatoms. The number of carbonyl (C=O) groups is 1. The number of carbonyl (C=O) groups excluding carboxylic acids is 1. The summed E-state index contributed by atoms with van der Waals surface area (Å²) in [5.41, 5.74) is -0.0190. The minimum Gasteiger partial charge on any atom is -0.379 e. The second kappa shape index (κ2) is 8.71. The zero-order valence-electron chi connectivity index (χ0n) is 12.2. The predicted molar refractivity (Wildman–Crippen MR) is 79.6 cm³/mol. The maximum Gasteiger partial charge on any atom is 0.263 e. The summed E-state index contributed by atoms with van der Waals surface area (Å²) in [5, 5.41) is 14.5. The molecule has 1 amide bonds. The van der Waals surface area contributed by atoms with E-state index < -0.39 is 5.91 Å².